The minimum Gasteiger partial charge on any atom is -0.429 e. The highest BCUT2D eigenvalue weighted by atomic mass is 17.5. The molecule has 132 valence electrons. The van der Waals surface area contributed by atoms with E-state index in [0.717, 1.165) is 44.1 Å². The Kier molecular flexibility index (Phi) is 7.06. The van der Waals surface area contributed by atoms with Crippen LogP contribution >= 0.6 is 0 Å². The highest BCUT2D eigenvalue weighted by molar-refractivity contribution is 5.88. The molecule has 0 spiro atoms. The SMILES string of the molecule is CCCc1ccc(C(=O)OOOC(=O)OC2CCCC(C)C2)cc1. The van der Waals surface area contributed by atoms with Crippen LogP contribution < -0.4 is 0 Å². The Balaban J connectivity index is 1.68. The van der Waals surface area contributed by atoms with Crippen LogP contribution in [0.25, 0.3) is 0 Å². The van der Waals surface area contributed by atoms with Crippen molar-refractivity contribution in [1.82, 2.24) is 0 Å². The molecule has 2 unspecified atom stereocenters. The zero-order valence-electron chi connectivity index (χ0n) is 14.2. The molecule has 0 bridgehead atoms. The molecule has 6 nitrogen and oxygen atoms in total. The Morgan fingerprint density at radius 2 is 1.88 bits per heavy atom. The number of hydrogen-bond donors (Lipinski definition) is 0. The fraction of sp³-hybridized carbons (Fsp3) is 0.556. The van der Waals surface area contributed by atoms with E-state index in [-0.39, 0.29) is 6.10 Å². The minimum absolute atomic E-state index is 0.174. The van der Waals surface area contributed by atoms with Crippen LogP contribution in [0.15, 0.2) is 24.3 Å². The van der Waals surface area contributed by atoms with E-state index in [1.165, 1.54) is 0 Å². The quantitative estimate of drug-likeness (QED) is 0.436. The van der Waals surface area contributed by atoms with Gasteiger partial charge in [0.25, 0.3) is 0 Å². The topological polar surface area (TPSA) is 71.1 Å². The van der Waals surface area contributed by atoms with E-state index in [4.69, 9.17) is 4.74 Å². The summed E-state index contributed by atoms with van der Waals surface area (Å²) in [6.07, 6.45) is 4.57. The van der Waals surface area contributed by atoms with Gasteiger partial charge in [-0.25, -0.2) is 14.5 Å². The van der Waals surface area contributed by atoms with Crippen molar-refractivity contribution in [3.63, 3.8) is 0 Å². The zero-order chi connectivity index (χ0) is 17.4. The van der Waals surface area contributed by atoms with Gasteiger partial charge in [-0.05, 0) is 49.3 Å². The van der Waals surface area contributed by atoms with Crippen molar-refractivity contribution < 1.29 is 29.1 Å². The fourth-order valence-electron chi connectivity index (χ4n) is 2.86. The van der Waals surface area contributed by atoms with E-state index >= 15 is 0 Å². The van der Waals surface area contributed by atoms with Crippen LogP contribution in [0.2, 0.25) is 0 Å². The van der Waals surface area contributed by atoms with Crippen molar-refractivity contribution in [3.8, 4) is 0 Å². The van der Waals surface area contributed by atoms with Gasteiger partial charge in [0.2, 0.25) is 0 Å². The molecular weight excluding hydrogens is 312 g/mol. The maximum absolute atomic E-state index is 11.7. The molecule has 1 aliphatic carbocycles. The third-order valence-electron chi connectivity index (χ3n) is 4.09. The molecule has 1 saturated carbocycles. The van der Waals surface area contributed by atoms with E-state index in [1.54, 1.807) is 12.1 Å². The number of carbonyl (C=O) groups excluding carboxylic acids is 2. The molecule has 1 aliphatic rings. The predicted octanol–water partition coefficient (Wildman–Crippen LogP) is 4.37. The Hall–Kier alpha value is -2.08. The van der Waals surface area contributed by atoms with Crippen LogP contribution in [-0.4, -0.2) is 18.2 Å². The minimum atomic E-state index is -1.000. The second-order valence-electron chi connectivity index (χ2n) is 6.23. The van der Waals surface area contributed by atoms with Gasteiger partial charge in [0.15, 0.2) is 0 Å². The van der Waals surface area contributed by atoms with Crippen molar-refractivity contribution in [2.45, 2.75) is 58.5 Å². The summed E-state index contributed by atoms with van der Waals surface area (Å²) < 4.78 is 5.11. The third kappa shape index (κ3) is 5.85. The monoisotopic (exact) mass is 336 g/mol. The second kappa shape index (κ2) is 9.27. The molecule has 0 saturated heterocycles. The molecule has 0 heterocycles. The summed E-state index contributed by atoms with van der Waals surface area (Å²) in [6, 6.07) is 6.97. The number of ether oxygens (including phenoxy) is 1. The lowest BCUT2D eigenvalue weighted by atomic mass is 9.89. The van der Waals surface area contributed by atoms with Gasteiger partial charge in [0, 0.05) is 0 Å². The van der Waals surface area contributed by atoms with Crippen LogP contribution in [-0.2, 0) is 26.0 Å². The Morgan fingerprint density at radius 1 is 1.12 bits per heavy atom. The second-order valence-corrected chi connectivity index (χ2v) is 6.23. The Morgan fingerprint density at radius 3 is 2.54 bits per heavy atom. The lowest BCUT2D eigenvalue weighted by Crippen LogP contribution is -2.25. The molecular formula is C18H24O6. The number of hydrogen-bond acceptors (Lipinski definition) is 6. The van der Waals surface area contributed by atoms with E-state index in [9.17, 15) is 9.59 Å². The highest BCUT2D eigenvalue weighted by Gasteiger charge is 2.23. The molecule has 1 aromatic carbocycles. The van der Waals surface area contributed by atoms with Gasteiger partial charge >= 0.3 is 12.1 Å². The van der Waals surface area contributed by atoms with Crippen LogP contribution in [0.4, 0.5) is 4.79 Å². The molecule has 2 atom stereocenters. The molecule has 1 aromatic rings. The van der Waals surface area contributed by atoms with Gasteiger partial charge in [0.05, 0.1) is 10.6 Å². The van der Waals surface area contributed by atoms with Crippen molar-refractivity contribution in [2.75, 3.05) is 0 Å². The van der Waals surface area contributed by atoms with Crippen LogP contribution in [0.1, 0.15) is 61.9 Å². The molecule has 0 N–H and O–H groups in total. The molecule has 0 radical (unpaired) electrons. The standard InChI is InChI=1S/C18H24O6/c1-3-5-14-8-10-15(11-9-14)17(19)22-24-23-18(20)21-16-7-4-6-13(2)12-16/h8-11,13,16H,3-7,12H2,1-2H3. The largest absolute Gasteiger partial charge is 0.543 e. The average Bonchev–Trinajstić information content (AvgIpc) is 2.55. The van der Waals surface area contributed by atoms with Crippen LogP contribution in [0.5, 0.6) is 0 Å². The first-order valence-electron chi connectivity index (χ1n) is 8.43. The van der Waals surface area contributed by atoms with Gasteiger partial charge in [-0.1, -0.05) is 38.8 Å². The van der Waals surface area contributed by atoms with E-state index in [0.29, 0.717) is 11.5 Å². The lowest BCUT2D eigenvalue weighted by molar-refractivity contribution is -0.453. The van der Waals surface area contributed by atoms with Crippen molar-refractivity contribution >= 4 is 12.1 Å². The Labute approximate surface area is 141 Å². The molecule has 24 heavy (non-hydrogen) atoms. The summed E-state index contributed by atoms with van der Waals surface area (Å²) in [5.41, 5.74) is 1.45. The van der Waals surface area contributed by atoms with Crippen LogP contribution in [0.3, 0.4) is 0 Å². The first-order chi connectivity index (χ1) is 11.6. The molecule has 6 heteroatoms. The summed E-state index contributed by atoms with van der Waals surface area (Å²) in [5.74, 6) is -0.219. The summed E-state index contributed by atoms with van der Waals surface area (Å²) in [6.45, 7) is 4.20. The normalized spacial score (nSPS) is 20.2. The van der Waals surface area contributed by atoms with Gasteiger partial charge in [-0.15, -0.1) is 0 Å². The number of benzene rings is 1. The van der Waals surface area contributed by atoms with Crippen molar-refractivity contribution in [3.05, 3.63) is 35.4 Å². The maximum Gasteiger partial charge on any atom is 0.543 e. The molecule has 0 aromatic heterocycles. The summed E-state index contributed by atoms with van der Waals surface area (Å²) >= 11 is 0. The summed E-state index contributed by atoms with van der Waals surface area (Å²) in [5, 5.41) is 4.23. The van der Waals surface area contributed by atoms with Gasteiger partial charge in [0.1, 0.15) is 6.10 Å². The first-order valence-corrected chi connectivity index (χ1v) is 8.43. The van der Waals surface area contributed by atoms with Crippen LogP contribution in [0, 0.1) is 5.92 Å². The van der Waals surface area contributed by atoms with Crippen molar-refractivity contribution in [1.29, 1.82) is 0 Å². The van der Waals surface area contributed by atoms with E-state index in [1.807, 2.05) is 12.1 Å². The summed E-state index contributed by atoms with van der Waals surface area (Å²) in [7, 11) is 0. The molecule has 2 rings (SSSR count). The van der Waals surface area contributed by atoms with E-state index in [2.05, 4.69) is 28.7 Å². The molecule has 0 amide bonds. The molecule has 1 fully saturated rings. The number of aryl methyl sites for hydroxylation is 1. The summed E-state index contributed by atoms with van der Waals surface area (Å²) in [4.78, 5) is 32.0. The highest BCUT2D eigenvalue weighted by Crippen LogP contribution is 2.25. The molecule has 0 aliphatic heterocycles. The average molecular weight is 336 g/mol. The number of carbonyl (C=O) groups is 2. The Bertz CT molecular complexity index is 539. The zero-order valence-corrected chi connectivity index (χ0v) is 14.2. The predicted molar refractivity (Wildman–Crippen MR) is 85.9 cm³/mol. The van der Waals surface area contributed by atoms with E-state index < -0.39 is 12.1 Å². The third-order valence-corrected chi connectivity index (χ3v) is 4.09. The van der Waals surface area contributed by atoms with Crippen molar-refractivity contribution in [2.24, 2.45) is 5.92 Å². The lowest BCUT2D eigenvalue weighted by Gasteiger charge is -2.25. The maximum atomic E-state index is 11.7. The fourth-order valence-corrected chi connectivity index (χ4v) is 2.86. The smallest absolute Gasteiger partial charge is 0.429 e. The van der Waals surface area contributed by atoms with Gasteiger partial charge in [-0.3, -0.25) is 4.89 Å². The van der Waals surface area contributed by atoms with Gasteiger partial charge in [-0.2, -0.15) is 0 Å². The van der Waals surface area contributed by atoms with Gasteiger partial charge < -0.3 is 4.74 Å². The number of rotatable bonds is 6. The first kappa shape index (κ1) is 18.3.